The third kappa shape index (κ3) is 18.2. The van der Waals surface area contributed by atoms with E-state index in [1.807, 2.05) is 11.8 Å². The monoisotopic (exact) mass is 198 g/mol. The average Bonchev–Trinajstić information content (AvgIpc) is 1.69. The zero-order valence-corrected chi connectivity index (χ0v) is 12.5. The van der Waals surface area contributed by atoms with Crippen LogP contribution < -0.4 is 59.1 Å². The Labute approximate surface area is 117 Å². The fourth-order valence-electron chi connectivity index (χ4n) is 0.220. The van der Waals surface area contributed by atoms with E-state index in [4.69, 9.17) is 25.3 Å². The Morgan fingerprint density at radius 3 is 1.44 bits per heavy atom. The largest absolute Gasteiger partial charge is 1.00 e. The van der Waals surface area contributed by atoms with Crippen molar-refractivity contribution in [2.45, 2.75) is 0 Å². The minimum Gasteiger partial charge on any atom is -0.792 e. The summed E-state index contributed by atoms with van der Waals surface area (Å²) in [5.41, 5.74) is 0. The Kier molecular flexibility index (Phi) is 34.4. The Hall–Kier alpha value is 3.05. The van der Waals surface area contributed by atoms with Crippen molar-refractivity contribution in [1.82, 2.24) is 0 Å². The van der Waals surface area contributed by atoms with Gasteiger partial charge in [0.15, 0.2) is 0 Å². The van der Waals surface area contributed by atoms with Gasteiger partial charge in [0.05, 0.1) is 0 Å². The molecule has 0 nitrogen and oxygen atoms in total. The van der Waals surface area contributed by atoms with E-state index in [2.05, 4.69) is 0 Å². The summed E-state index contributed by atoms with van der Waals surface area (Å²) < 4.78 is 0. The van der Waals surface area contributed by atoms with Crippen molar-refractivity contribution in [2.24, 2.45) is 0 Å². The van der Waals surface area contributed by atoms with Crippen LogP contribution in [-0.4, -0.2) is 23.0 Å². The molecule has 0 bridgehead atoms. The molecule has 0 spiro atoms. The van der Waals surface area contributed by atoms with E-state index >= 15 is 0 Å². The molecule has 0 aromatic rings. The summed E-state index contributed by atoms with van der Waals surface area (Å²) in [6.07, 6.45) is 0. The second-order valence-electron chi connectivity index (χ2n) is 1.02. The zero-order valence-electron chi connectivity index (χ0n) is 6.05. The smallest absolute Gasteiger partial charge is 0.792 e. The van der Waals surface area contributed by atoms with E-state index < -0.39 is 0 Å². The second-order valence-corrected chi connectivity index (χ2v) is 3.06. The van der Waals surface area contributed by atoms with Crippen LogP contribution in [-0.2, 0) is 25.3 Å². The van der Waals surface area contributed by atoms with Crippen molar-refractivity contribution in [3.63, 3.8) is 0 Å². The van der Waals surface area contributed by atoms with E-state index in [-0.39, 0.29) is 59.1 Å². The summed E-state index contributed by atoms with van der Waals surface area (Å²) in [6, 6.07) is 0. The van der Waals surface area contributed by atoms with Crippen LogP contribution in [0, 0.1) is 0 Å². The molecule has 0 saturated carbocycles. The van der Waals surface area contributed by atoms with E-state index in [9.17, 15) is 0 Å². The first-order valence-electron chi connectivity index (χ1n) is 2.15. The number of rotatable bonds is 4. The van der Waals surface area contributed by atoms with Gasteiger partial charge in [0.1, 0.15) is 0 Å². The van der Waals surface area contributed by atoms with Gasteiger partial charge in [-0.25, -0.2) is 0 Å². The van der Waals surface area contributed by atoms with Crippen molar-refractivity contribution in [2.75, 3.05) is 23.0 Å². The van der Waals surface area contributed by atoms with Crippen LogP contribution in [0.15, 0.2) is 0 Å². The maximum atomic E-state index is 4.71. The van der Waals surface area contributed by atoms with Gasteiger partial charge in [-0.2, -0.15) is 23.3 Å². The molecule has 0 aromatic heterocycles. The Balaban J connectivity index is -0.000000180. The summed E-state index contributed by atoms with van der Waals surface area (Å²) >= 11 is 11.3. The van der Waals surface area contributed by atoms with Crippen LogP contribution in [0.25, 0.3) is 0 Å². The standard InChI is InChI=1S/C4H10S3.2Na/c5-1-3-7-4-2-6;;/h5-6H,1-4H2;;/q;2*+1/p-2. The minimum absolute atomic E-state index is 0. The van der Waals surface area contributed by atoms with Gasteiger partial charge < -0.3 is 25.3 Å². The van der Waals surface area contributed by atoms with Crippen molar-refractivity contribution < 1.29 is 59.1 Å². The Morgan fingerprint density at radius 2 is 1.22 bits per heavy atom. The molecule has 5 heteroatoms. The third-order valence-corrected chi connectivity index (χ3v) is 2.37. The van der Waals surface area contributed by atoms with Crippen LogP contribution in [0.3, 0.4) is 0 Å². The van der Waals surface area contributed by atoms with E-state index in [1.54, 1.807) is 0 Å². The number of hydrogen-bond acceptors (Lipinski definition) is 3. The molecule has 0 aliphatic heterocycles. The van der Waals surface area contributed by atoms with Crippen LogP contribution in [0.5, 0.6) is 0 Å². The molecule has 0 unspecified atom stereocenters. The van der Waals surface area contributed by atoms with Crippen LogP contribution in [0.4, 0.5) is 0 Å². The summed E-state index contributed by atoms with van der Waals surface area (Å²) in [7, 11) is 0. The molecule has 0 rings (SSSR count). The first-order chi connectivity index (χ1) is 3.41. The first-order valence-corrected chi connectivity index (χ1v) is 4.46. The Bertz CT molecular complexity index is 33.0. The summed E-state index contributed by atoms with van der Waals surface area (Å²) in [6.45, 7) is 0. The Morgan fingerprint density at radius 1 is 0.889 bits per heavy atom. The van der Waals surface area contributed by atoms with Crippen molar-refractivity contribution >= 4 is 37.0 Å². The molecule has 0 aliphatic rings. The van der Waals surface area contributed by atoms with Crippen LogP contribution >= 0.6 is 11.8 Å². The van der Waals surface area contributed by atoms with Gasteiger partial charge >= 0.3 is 59.1 Å². The molecule has 0 atom stereocenters. The molecule has 0 heterocycles. The van der Waals surface area contributed by atoms with Gasteiger partial charge in [-0.15, -0.1) is 0 Å². The summed E-state index contributed by atoms with van der Waals surface area (Å²) in [5.74, 6) is 3.90. The van der Waals surface area contributed by atoms with Gasteiger partial charge in [0.25, 0.3) is 0 Å². The van der Waals surface area contributed by atoms with E-state index in [1.165, 1.54) is 0 Å². The fourth-order valence-corrected chi connectivity index (χ4v) is 1.37. The normalized spacial score (nSPS) is 7.33. The van der Waals surface area contributed by atoms with Crippen molar-refractivity contribution in [3.8, 4) is 0 Å². The van der Waals surface area contributed by atoms with Crippen molar-refractivity contribution in [1.29, 1.82) is 0 Å². The molecule has 0 saturated heterocycles. The number of thioether (sulfide) groups is 1. The fraction of sp³-hybridized carbons (Fsp3) is 1.00. The summed E-state index contributed by atoms with van der Waals surface area (Å²) in [4.78, 5) is 0. The maximum Gasteiger partial charge on any atom is 1.00 e. The molecule has 0 fully saturated rings. The van der Waals surface area contributed by atoms with Gasteiger partial charge in [-0.3, -0.25) is 0 Å². The van der Waals surface area contributed by atoms with E-state index in [0.717, 1.165) is 23.0 Å². The van der Waals surface area contributed by atoms with Crippen LogP contribution in [0.2, 0.25) is 0 Å². The third-order valence-electron chi connectivity index (χ3n) is 0.455. The predicted octanol–water partition coefficient (Wildman–Crippen LogP) is -5.18. The molecular formula is C4H8Na2S3. The molecule has 44 valence electrons. The maximum absolute atomic E-state index is 4.71. The number of hydrogen-bond donors (Lipinski definition) is 0. The molecule has 0 N–H and O–H groups in total. The van der Waals surface area contributed by atoms with Crippen LogP contribution in [0.1, 0.15) is 0 Å². The van der Waals surface area contributed by atoms with Gasteiger partial charge in [0, 0.05) is 0 Å². The zero-order chi connectivity index (χ0) is 5.54. The predicted molar refractivity (Wildman–Crippen MR) is 41.8 cm³/mol. The summed E-state index contributed by atoms with van der Waals surface area (Å²) in [5, 5.41) is 0. The van der Waals surface area contributed by atoms with Crippen molar-refractivity contribution in [3.05, 3.63) is 0 Å². The molecule has 0 aromatic carbocycles. The SMILES string of the molecule is [Na+].[Na+].[S-]CCSCC[S-]. The van der Waals surface area contributed by atoms with Gasteiger partial charge in [-0.05, 0) is 11.5 Å². The van der Waals surface area contributed by atoms with E-state index in [0.29, 0.717) is 0 Å². The van der Waals surface area contributed by atoms with Gasteiger partial charge in [0.2, 0.25) is 0 Å². The minimum atomic E-state index is 0. The molecule has 9 heavy (non-hydrogen) atoms. The molecular weight excluding hydrogens is 190 g/mol. The second kappa shape index (κ2) is 17.2. The first kappa shape index (κ1) is 18.0. The topological polar surface area (TPSA) is 0 Å². The van der Waals surface area contributed by atoms with Gasteiger partial charge in [-0.1, -0.05) is 0 Å². The molecule has 0 radical (unpaired) electrons. The molecule has 0 aliphatic carbocycles. The quantitative estimate of drug-likeness (QED) is 0.252. The average molecular weight is 198 g/mol. The molecule has 0 amide bonds.